The predicted octanol–water partition coefficient (Wildman–Crippen LogP) is 4.39. The Kier molecular flexibility index (Phi) is 8.28. The lowest BCUT2D eigenvalue weighted by Crippen LogP contribution is -2.27. The average molecular weight is 537 g/mol. The smallest absolute Gasteiger partial charge is 0.311 e. The van der Waals surface area contributed by atoms with Gasteiger partial charge < -0.3 is 24.4 Å². The third kappa shape index (κ3) is 6.12. The van der Waals surface area contributed by atoms with Crippen molar-refractivity contribution in [1.82, 2.24) is 0 Å². The van der Waals surface area contributed by atoms with E-state index >= 15 is 0 Å². The summed E-state index contributed by atoms with van der Waals surface area (Å²) in [5, 5.41) is 3.28. The van der Waals surface area contributed by atoms with Gasteiger partial charge in [-0.3, -0.25) is 19.2 Å². The van der Waals surface area contributed by atoms with Gasteiger partial charge in [-0.1, -0.05) is 17.7 Å². The maximum atomic E-state index is 13.0. The minimum atomic E-state index is -0.737. The van der Waals surface area contributed by atoms with Crippen molar-refractivity contribution < 1.29 is 33.4 Å². The number of hydrogen-bond acceptors (Lipinski definition) is 7. The molecule has 1 aliphatic rings. The minimum absolute atomic E-state index is 0.0641. The fourth-order valence-corrected chi connectivity index (χ4v) is 4.14. The molecule has 1 fully saturated rings. The first-order chi connectivity index (χ1) is 18.3. The molecule has 10 heteroatoms. The number of nitrogens with zero attached hydrogens (tertiary/aromatic N) is 1. The normalized spacial score (nSPS) is 14.7. The Bertz CT molecular complexity index is 1370. The molecule has 3 aromatic rings. The lowest BCUT2D eigenvalue weighted by Gasteiger charge is -2.18. The predicted molar refractivity (Wildman–Crippen MR) is 141 cm³/mol. The lowest BCUT2D eigenvalue weighted by molar-refractivity contribution is -0.147. The van der Waals surface area contributed by atoms with Gasteiger partial charge in [0, 0.05) is 40.9 Å². The van der Waals surface area contributed by atoms with Gasteiger partial charge in [0.25, 0.3) is 5.91 Å². The van der Waals surface area contributed by atoms with Gasteiger partial charge >= 0.3 is 5.97 Å². The molecule has 0 spiro atoms. The molecule has 0 unspecified atom stereocenters. The second kappa shape index (κ2) is 11.8. The van der Waals surface area contributed by atoms with E-state index in [4.69, 9.17) is 25.8 Å². The third-order valence-corrected chi connectivity index (χ3v) is 6.30. The van der Waals surface area contributed by atoms with Crippen LogP contribution >= 0.6 is 11.6 Å². The first-order valence-electron chi connectivity index (χ1n) is 11.7. The Hall–Kier alpha value is -4.37. The SMILES string of the molecule is COc1ccc(OC)c(NC(=O)c2cccc(N3C[C@@H](C(=O)OCC(=O)c4ccc(Cl)cc4)CC3=O)c2)c1. The standard InChI is InChI=1S/C28H25ClN2O7/c1-36-22-10-11-25(37-2)23(14-22)30-27(34)18-4-3-5-21(12-18)31-15-19(13-26(31)33)28(35)38-16-24(32)17-6-8-20(29)9-7-17/h3-12,14,19H,13,15-16H2,1-2H3,(H,30,34)/t19-/m0/s1. The van der Waals surface area contributed by atoms with Gasteiger partial charge in [0.15, 0.2) is 12.4 Å². The Morgan fingerprint density at radius 2 is 1.74 bits per heavy atom. The molecule has 1 atom stereocenters. The molecule has 1 heterocycles. The summed E-state index contributed by atoms with van der Waals surface area (Å²) in [6.07, 6.45) is -0.0641. The molecule has 38 heavy (non-hydrogen) atoms. The quantitative estimate of drug-likeness (QED) is 0.319. The van der Waals surface area contributed by atoms with Crippen molar-refractivity contribution in [3.63, 3.8) is 0 Å². The number of nitrogens with one attached hydrogen (secondary N) is 1. The number of hydrogen-bond donors (Lipinski definition) is 1. The van der Waals surface area contributed by atoms with Crippen LogP contribution in [0.1, 0.15) is 27.1 Å². The number of benzene rings is 3. The number of esters is 1. The van der Waals surface area contributed by atoms with E-state index < -0.39 is 24.4 Å². The van der Waals surface area contributed by atoms with Crippen molar-refractivity contribution >= 4 is 46.5 Å². The van der Waals surface area contributed by atoms with E-state index in [2.05, 4.69) is 5.32 Å². The summed E-state index contributed by atoms with van der Waals surface area (Å²) in [6, 6.07) is 17.8. The van der Waals surface area contributed by atoms with Gasteiger partial charge in [-0.05, 0) is 54.6 Å². The van der Waals surface area contributed by atoms with Crippen molar-refractivity contribution in [3.05, 3.63) is 82.9 Å². The number of anilines is 2. The maximum Gasteiger partial charge on any atom is 0.311 e. The molecule has 1 N–H and O–H groups in total. The first-order valence-corrected chi connectivity index (χ1v) is 12.1. The molecule has 1 aliphatic heterocycles. The topological polar surface area (TPSA) is 111 Å². The van der Waals surface area contributed by atoms with Crippen LogP contribution in [0.25, 0.3) is 0 Å². The van der Waals surface area contributed by atoms with Crippen molar-refractivity contribution in [2.24, 2.45) is 5.92 Å². The zero-order valence-corrected chi connectivity index (χ0v) is 21.5. The zero-order chi connectivity index (χ0) is 27.2. The van der Waals surface area contributed by atoms with E-state index in [0.717, 1.165) is 0 Å². The number of Topliss-reactive ketones (excluding diaryl/α,β-unsaturated/α-hetero) is 1. The number of amides is 2. The van der Waals surface area contributed by atoms with Gasteiger partial charge in [0.2, 0.25) is 5.91 Å². The van der Waals surface area contributed by atoms with Crippen molar-refractivity contribution in [2.45, 2.75) is 6.42 Å². The lowest BCUT2D eigenvalue weighted by atomic mass is 10.1. The molecule has 0 aromatic heterocycles. The third-order valence-electron chi connectivity index (χ3n) is 6.04. The summed E-state index contributed by atoms with van der Waals surface area (Å²) in [4.78, 5) is 52.0. The van der Waals surface area contributed by atoms with E-state index in [0.29, 0.717) is 39.0 Å². The molecule has 3 aromatic carbocycles. The fraction of sp³-hybridized carbons (Fsp3) is 0.214. The summed E-state index contributed by atoms with van der Waals surface area (Å²) in [5.74, 6) is -1.44. The van der Waals surface area contributed by atoms with Crippen LogP contribution in [0.4, 0.5) is 11.4 Å². The zero-order valence-electron chi connectivity index (χ0n) is 20.7. The number of carbonyl (C=O) groups excluding carboxylic acids is 4. The number of carbonyl (C=O) groups is 4. The molecular weight excluding hydrogens is 512 g/mol. The molecule has 0 bridgehead atoms. The highest BCUT2D eigenvalue weighted by atomic mass is 35.5. The molecule has 1 saturated heterocycles. The van der Waals surface area contributed by atoms with Crippen LogP contribution in [0.15, 0.2) is 66.7 Å². The summed E-state index contributed by atoms with van der Waals surface area (Å²) in [5.41, 5.74) is 1.57. The van der Waals surface area contributed by atoms with E-state index in [1.54, 1.807) is 66.7 Å². The molecule has 9 nitrogen and oxygen atoms in total. The van der Waals surface area contributed by atoms with Crippen molar-refractivity contribution in [1.29, 1.82) is 0 Å². The van der Waals surface area contributed by atoms with Crippen LogP contribution in [-0.4, -0.2) is 50.9 Å². The highest BCUT2D eigenvalue weighted by Crippen LogP contribution is 2.30. The molecule has 0 radical (unpaired) electrons. The van der Waals surface area contributed by atoms with E-state index in [1.807, 2.05) is 0 Å². The fourth-order valence-electron chi connectivity index (χ4n) is 4.01. The number of rotatable bonds is 9. The maximum absolute atomic E-state index is 13.0. The van der Waals surface area contributed by atoms with Gasteiger partial charge in [-0.25, -0.2) is 0 Å². The molecule has 0 saturated carbocycles. The molecule has 0 aliphatic carbocycles. The molecule has 2 amide bonds. The monoisotopic (exact) mass is 536 g/mol. The van der Waals surface area contributed by atoms with Crippen LogP contribution in [0.5, 0.6) is 11.5 Å². The summed E-state index contributed by atoms with van der Waals surface area (Å²) >= 11 is 5.83. The average Bonchev–Trinajstić information content (AvgIpc) is 3.33. The van der Waals surface area contributed by atoms with Gasteiger partial charge in [0.05, 0.1) is 25.8 Å². The molecular formula is C28H25ClN2O7. The summed E-state index contributed by atoms with van der Waals surface area (Å²) < 4.78 is 15.7. The van der Waals surface area contributed by atoms with E-state index in [1.165, 1.54) is 19.1 Å². The Labute approximate surface area is 224 Å². The van der Waals surface area contributed by atoms with Crippen LogP contribution in [-0.2, 0) is 14.3 Å². The largest absolute Gasteiger partial charge is 0.497 e. The number of methoxy groups -OCH3 is 2. The number of ether oxygens (including phenoxy) is 3. The summed E-state index contributed by atoms with van der Waals surface area (Å²) in [7, 11) is 3.01. The van der Waals surface area contributed by atoms with Crippen LogP contribution in [0.3, 0.4) is 0 Å². The Balaban J connectivity index is 1.40. The van der Waals surface area contributed by atoms with Gasteiger partial charge in [-0.15, -0.1) is 0 Å². The van der Waals surface area contributed by atoms with Crippen LogP contribution < -0.4 is 19.7 Å². The van der Waals surface area contributed by atoms with Gasteiger partial charge in [-0.2, -0.15) is 0 Å². The second-order valence-corrected chi connectivity index (χ2v) is 8.95. The van der Waals surface area contributed by atoms with Crippen molar-refractivity contribution in [2.75, 3.05) is 37.6 Å². The van der Waals surface area contributed by atoms with Crippen LogP contribution in [0.2, 0.25) is 5.02 Å². The Morgan fingerprint density at radius 1 is 0.974 bits per heavy atom. The highest BCUT2D eigenvalue weighted by molar-refractivity contribution is 6.30. The number of ketones is 1. The Morgan fingerprint density at radius 3 is 2.45 bits per heavy atom. The molecule has 196 valence electrons. The minimum Gasteiger partial charge on any atom is -0.497 e. The van der Waals surface area contributed by atoms with E-state index in [9.17, 15) is 19.2 Å². The summed E-state index contributed by atoms with van der Waals surface area (Å²) in [6.45, 7) is -0.365. The number of halogens is 1. The van der Waals surface area contributed by atoms with Crippen molar-refractivity contribution in [3.8, 4) is 11.5 Å². The highest BCUT2D eigenvalue weighted by Gasteiger charge is 2.36. The first kappa shape index (κ1) is 26.7. The molecule has 4 rings (SSSR count). The van der Waals surface area contributed by atoms with Crippen LogP contribution in [0, 0.1) is 5.92 Å². The second-order valence-electron chi connectivity index (χ2n) is 8.51. The van der Waals surface area contributed by atoms with Gasteiger partial charge in [0.1, 0.15) is 11.5 Å². The van der Waals surface area contributed by atoms with E-state index in [-0.39, 0.29) is 24.7 Å².